The fraction of sp³-hybridized carbons (Fsp3) is 0.308. The number of ether oxygens (including phenoxy) is 1. The van der Waals surface area contributed by atoms with E-state index in [-0.39, 0.29) is 5.78 Å². The van der Waals surface area contributed by atoms with E-state index in [0.717, 1.165) is 18.2 Å². The lowest BCUT2D eigenvalue weighted by Crippen LogP contribution is -2.19. The first-order valence-corrected chi connectivity index (χ1v) is 5.17. The van der Waals surface area contributed by atoms with Crippen LogP contribution in [-0.2, 0) is 14.3 Å². The van der Waals surface area contributed by atoms with Crippen molar-refractivity contribution in [1.29, 1.82) is 0 Å². The van der Waals surface area contributed by atoms with Crippen molar-refractivity contribution in [1.82, 2.24) is 0 Å². The van der Waals surface area contributed by atoms with Crippen molar-refractivity contribution in [3.8, 4) is 0 Å². The Labute approximate surface area is 99.6 Å². The van der Waals surface area contributed by atoms with Gasteiger partial charge in [-0.3, -0.25) is 9.59 Å². The zero-order valence-corrected chi connectivity index (χ0v) is 10.1. The summed E-state index contributed by atoms with van der Waals surface area (Å²) < 4.78 is 4.26. The van der Waals surface area contributed by atoms with Crippen molar-refractivity contribution >= 4 is 17.5 Å². The van der Waals surface area contributed by atoms with Crippen LogP contribution in [0.15, 0.2) is 18.2 Å². The van der Waals surface area contributed by atoms with Gasteiger partial charge in [0.2, 0.25) is 5.78 Å². The van der Waals surface area contributed by atoms with Crippen LogP contribution < -0.4 is 0 Å². The molecule has 0 amide bonds. The molecule has 90 valence electrons. The predicted octanol–water partition coefficient (Wildman–Crippen LogP) is 1.62. The molecule has 1 rings (SSSR count). The Bertz CT molecular complexity index is 474. The van der Waals surface area contributed by atoms with Crippen molar-refractivity contribution in [3.05, 3.63) is 34.9 Å². The van der Waals surface area contributed by atoms with E-state index in [0.29, 0.717) is 5.56 Å². The molecule has 0 aliphatic carbocycles. The number of rotatable bonds is 4. The highest BCUT2D eigenvalue weighted by atomic mass is 16.5. The summed E-state index contributed by atoms with van der Waals surface area (Å²) in [7, 11) is 1.11. The van der Waals surface area contributed by atoms with Crippen molar-refractivity contribution in [2.45, 2.75) is 20.3 Å². The maximum atomic E-state index is 11.8. The summed E-state index contributed by atoms with van der Waals surface area (Å²) in [4.78, 5) is 34.0. The Morgan fingerprint density at radius 1 is 1.18 bits per heavy atom. The third-order valence-electron chi connectivity index (χ3n) is 2.43. The van der Waals surface area contributed by atoms with Crippen LogP contribution in [0.25, 0.3) is 0 Å². The Morgan fingerprint density at radius 3 is 2.41 bits per heavy atom. The lowest BCUT2D eigenvalue weighted by molar-refractivity contribution is -0.151. The summed E-state index contributed by atoms with van der Waals surface area (Å²) in [5, 5.41) is 0. The molecule has 17 heavy (non-hydrogen) atoms. The molecule has 0 radical (unpaired) electrons. The predicted molar refractivity (Wildman–Crippen MR) is 61.9 cm³/mol. The third kappa shape index (κ3) is 3.24. The van der Waals surface area contributed by atoms with Gasteiger partial charge in [-0.2, -0.15) is 0 Å². The summed E-state index contributed by atoms with van der Waals surface area (Å²) in [6.07, 6.45) is -0.447. The number of methoxy groups -OCH3 is 1. The van der Waals surface area contributed by atoms with Gasteiger partial charge in [0, 0.05) is 5.56 Å². The minimum atomic E-state index is -0.983. The largest absolute Gasteiger partial charge is 0.463 e. The minimum absolute atomic E-state index is 0.360. The van der Waals surface area contributed by atoms with Crippen LogP contribution in [0.5, 0.6) is 0 Å². The van der Waals surface area contributed by atoms with Crippen LogP contribution in [0, 0.1) is 13.8 Å². The second-order valence-electron chi connectivity index (χ2n) is 3.83. The molecule has 0 fully saturated rings. The number of benzene rings is 1. The first-order valence-electron chi connectivity index (χ1n) is 5.17. The number of ketones is 2. The summed E-state index contributed by atoms with van der Waals surface area (Å²) in [5.41, 5.74) is 2.20. The van der Waals surface area contributed by atoms with Gasteiger partial charge in [0.1, 0.15) is 0 Å². The molecule has 1 aromatic rings. The van der Waals surface area contributed by atoms with Crippen LogP contribution in [0.4, 0.5) is 0 Å². The molecule has 0 aromatic heterocycles. The van der Waals surface area contributed by atoms with Gasteiger partial charge in [-0.05, 0) is 25.5 Å². The number of esters is 1. The zero-order chi connectivity index (χ0) is 13.0. The van der Waals surface area contributed by atoms with Crippen LogP contribution in [0.2, 0.25) is 0 Å². The average molecular weight is 234 g/mol. The smallest absolute Gasteiger partial charge is 0.374 e. The Hall–Kier alpha value is -1.97. The Morgan fingerprint density at radius 2 is 1.82 bits per heavy atom. The van der Waals surface area contributed by atoms with Crippen LogP contribution in [-0.4, -0.2) is 24.6 Å². The van der Waals surface area contributed by atoms with Crippen LogP contribution in [0.3, 0.4) is 0 Å². The highest BCUT2D eigenvalue weighted by Gasteiger charge is 2.20. The molecule has 1 aromatic carbocycles. The van der Waals surface area contributed by atoms with Gasteiger partial charge < -0.3 is 4.74 Å². The second kappa shape index (κ2) is 5.39. The first-order chi connectivity index (χ1) is 7.95. The molecule has 0 saturated heterocycles. The number of carbonyl (C=O) groups excluding carboxylic acids is 3. The molecule has 4 heteroatoms. The minimum Gasteiger partial charge on any atom is -0.463 e. The number of hydrogen-bond donors (Lipinski definition) is 0. The second-order valence-corrected chi connectivity index (χ2v) is 3.83. The molecule has 0 unspecified atom stereocenters. The number of carbonyl (C=O) groups is 3. The summed E-state index contributed by atoms with van der Waals surface area (Å²) >= 11 is 0. The molecule has 0 spiro atoms. The van der Waals surface area contributed by atoms with E-state index in [2.05, 4.69) is 4.74 Å². The van der Waals surface area contributed by atoms with Gasteiger partial charge in [0.25, 0.3) is 0 Å². The van der Waals surface area contributed by atoms with Crippen LogP contribution >= 0.6 is 0 Å². The maximum absolute atomic E-state index is 11.8. The Kier molecular flexibility index (Phi) is 4.15. The number of Topliss-reactive ketones (excluding diaryl/α,β-unsaturated/α-hetero) is 2. The van der Waals surface area contributed by atoms with Gasteiger partial charge in [-0.15, -0.1) is 0 Å². The molecule has 0 bridgehead atoms. The molecule has 0 N–H and O–H groups in total. The van der Waals surface area contributed by atoms with Gasteiger partial charge in [-0.25, -0.2) is 4.79 Å². The van der Waals surface area contributed by atoms with Crippen molar-refractivity contribution < 1.29 is 19.1 Å². The highest BCUT2D eigenvalue weighted by molar-refractivity contribution is 6.38. The molecular weight excluding hydrogens is 220 g/mol. The van der Waals surface area contributed by atoms with Crippen molar-refractivity contribution in [3.63, 3.8) is 0 Å². The fourth-order valence-electron chi connectivity index (χ4n) is 1.46. The Balaban J connectivity index is 2.87. The van der Waals surface area contributed by atoms with E-state index in [1.54, 1.807) is 13.0 Å². The van der Waals surface area contributed by atoms with Gasteiger partial charge in [0.15, 0.2) is 5.78 Å². The van der Waals surface area contributed by atoms with Crippen molar-refractivity contribution in [2.75, 3.05) is 7.11 Å². The monoisotopic (exact) mass is 234 g/mol. The number of hydrogen-bond acceptors (Lipinski definition) is 4. The molecular formula is C13H14O4. The summed E-state index contributed by atoms with van der Waals surface area (Å²) in [6.45, 7) is 3.65. The molecule has 0 aliphatic rings. The van der Waals surface area contributed by atoms with Crippen molar-refractivity contribution in [2.24, 2.45) is 0 Å². The molecule has 0 heterocycles. The maximum Gasteiger partial charge on any atom is 0.374 e. The molecule has 4 nitrogen and oxygen atoms in total. The van der Waals surface area contributed by atoms with Gasteiger partial charge in [0.05, 0.1) is 13.5 Å². The standard InChI is InChI=1S/C13H14O4/c1-8-4-5-9(2)10(6-8)11(14)7-12(15)13(16)17-3/h4-6H,7H2,1-3H3. The SMILES string of the molecule is COC(=O)C(=O)CC(=O)c1cc(C)ccc1C. The normalized spacial score (nSPS) is 9.82. The van der Waals surface area contributed by atoms with E-state index < -0.39 is 18.2 Å². The quantitative estimate of drug-likeness (QED) is 0.344. The molecule has 0 atom stereocenters. The van der Waals surface area contributed by atoms with E-state index in [9.17, 15) is 14.4 Å². The van der Waals surface area contributed by atoms with Gasteiger partial charge >= 0.3 is 5.97 Å². The number of aryl methyl sites for hydroxylation is 2. The van der Waals surface area contributed by atoms with E-state index >= 15 is 0 Å². The average Bonchev–Trinajstić information content (AvgIpc) is 2.30. The summed E-state index contributed by atoms with van der Waals surface area (Å²) in [6, 6.07) is 5.40. The topological polar surface area (TPSA) is 60.4 Å². The fourth-order valence-corrected chi connectivity index (χ4v) is 1.46. The first kappa shape index (κ1) is 13.1. The molecule has 0 saturated carbocycles. The zero-order valence-electron chi connectivity index (χ0n) is 10.1. The lowest BCUT2D eigenvalue weighted by atomic mass is 9.99. The van der Waals surface area contributed by atoms with E-state index in [1.807, 2.05) is 19.1 Å². The van der Waals surface area contributed by atoms with Gasteiger partial charge in [-0.1, -0.05) is 17.7 Å². The van der Waals surface area contributed by atoms with E-state index in [4.69, 9.17) is 0 Å². The third-order valence-corrected chi connectivity index (χ3v) is 2.43. The highest BCUT2D eigenvalue weighted by Crippen LogP contribution is 2.13. The summed E-state index contributed by atoms with van der Waals surface area (Å²) in [5.74, 6) is -2.16. The van der Waals surface area contributed by atoms with Crippen LogP contribution in [0.1, 0.15) is 27.9 Å². The molecule has 0 aliphatic heterocycles. The lowest BCUT2D eigenvalue weighted by Gasteiger charge is -2.05. The van der Waals surface area contributed by atoms with E-state index in [1.165, 1.54) is 0 Å².